The Morgan fingerprint density at radius 1 is 1.75 bits per heavy atom. The van der Waals surface area contributed by atoms with Gasteiger partial charge in [0.15, 0.2) is 0 Å². The van der Waals surface area contributed by atoms with Crippen LogP contribution in [0.3, 0.4) is 0 Å². The largest absolute Gasteiger partial charge is 0.232 e. The Morgan fingerprint density at radius 3 is 1.75 bits per heavy atom. The molecule has 3 heteroatoms. The summed E-state index contributed by atoms with van der Waals surface area (Å²) in [7, 11) is 1.43. The van der Waals surface area contributed by atoms with Gasteiger partial charge in [-0.25, -0.2) is 5.26 Å². The highest BCUT2D eigenvalue weighted by Crippen LogP contribution is 1.04. The fourth-order valence-corrected chi connectivity index (χ4v) is 0. The van der Waals surface area contributed by atoms with Crippen LogP contribution in [0.25, 0.3) is 0 Å². The molecule has 0 radical (unpaired) electrons. The first-order valence-electron chi connectivity index (χ1n) is 0.724. The van der Waals surface area contributed by atoms with Crippen molar-refractivity contribution >= 4 is 20.3 Å². The smallest absolute Gasteiger partial charge is 0.213 e. The van der Waals surface area contributed by atoms with E-state index in [4.69, 9.17) is 5.26 Å². The first-order valence-corrected chi connectivity index (χ1v) is 0.724. The minimum Gasteiger partial charge on any atom is -0.213 e. The van der Waals surface area contributed by atoms with Crippen LogP contribution in [0.5, 0.6) is 0 Å². The summed E-state index contributed by atoms with van der Waals surface area (Å²) in [6, 6.07) is 0. The molecule has 0 saturated carbocycles. The molecule has 0 unspecified atom stereocenters. The van der Waals surface area contributed by atoms with Crippen LogP contribution in [0.15, 0.2) is 0 Å². The fraction of sp³-hybridized carbons (Fsp3) is 0. The van der Waals surface area contributed by atoms with Gasteiger partial charge in [-0.15, -0.1) is 12.4 Å². The quantitative estimate of drug-likeness (QED) is 0.357. The van der Waals surface area contributed by atoms with Crippen molar-refractivity contribution in [3.8, 4) is 5.97 Å². The average Bonchev–Trinajstić information content (AvgIpc) is 0.918. The second-order valence-electron chi connectivity index (χ2n) is 0.224. The molecule has 0 aliphatic heterocycles. The van der Waals surface area contributed by atoms with Crippen molar-refractivity contribution in [1.29, 1.82) is 5.26 Å². The van der Waals surface area contributed by atoms with Crippen molar-refractivity contribution in [2.75, 3.05) is 0 Å². The van der Waals surface area contributed by atoms with Crippen molar-refractivity contribution < 1.29 is 0 Å². The van der Waals surface area contributed by atoms with E-state index in [2.05, 4.69) is 0 Å². The Morgan fingerprint density at radius 2 is 1.75 bits per heavy atom. The zero-order valence-electron chi connectivity index (χ0n) is 2.36. The van der Waals surface area contributed by atoms with Crippen LogP contribution in [0.4, 0.5) is 0 Å². The molecule has 0 aromatic rings. The lowest BCUT2D eigenvalue weighted by Crippen LogP contribution is -1.32. The molecule has 0 N–H and O–H groups in total. The fourth-order valence-electron chi connectivity index (χ4n) is 0. The molecule has 0 amide bonds. The van der Waals surface area contributed by atoms with Gasteiger partial charge in [0.2, 0.25) is 7.85 Å². The molecule has 1 nitrogen and oxygen atoms in total. The lowest BCUT2D eigenvalue weighted by Gasteiger charge is -1.12. The summed E-state index contributed by atoms with van der Waals surface area (Å²) in [4.78, 5) is 0. The summed E-state index contributed by atoms with van der Waals surface area (Å²) in [5, 5.41) is 7.32. The Labute approximate surface area is 32.4 Å². The molecule has 0 bridgehead atoms. The molecule has 0 atom stereocenters. The second-order valence-corrected chi connectivity index (χ2v) is 0.224. The minimum atomic E-state index is 0. The predicted octanol–water partition coefficient (Wildman–Crippen LogP) is -0.478. The van der Waals surface area contributed by atoms with E-state index >= 15 is 0 Å². The number of hydrogen-bond acceptors (Lipinski definition) is 1. The van der Waals surface area contributed by atoms with E-state index in [0.717, 1.165) is 0 Å². The van der Waals surface area contributed by atoms with E-state index in [1.54, 1.807) is 5.97 Å². The summed E-state index contributed by atoms with van der Waals surface area (Å²) in [6.45, 7) is 0. The molecule has 0 saturated heterocycles. The van der Waals surface area contributed by atoms with Gasteiger partial charge in [0.25, 0.3) is 0 Å². The number of rotatable bonds is 0. The predicted molar refractivity (Wildman–Crippen MR) is 21.4 cm³/mol. The van der Waals surface area contributed by atoms with Gasteiger partial charge in [0, 0.05) is 0 Å². The highest BCUT2D eigenvalue weighted by Gasteiger charge is 1.23. The molecule has 22 valence electrons. The van der Waals surface area contributed by atoms with E-state index < -0.39 is 0 Å². The minimum absolute atomic E-state index is 0. The van der Waals surface area contributed by atoms with Crippen LogP contribution in [0, 0.1) is 11.2 Å². The normalized spacial score (nSPS) is 1.75. The monoisotopic (exact) mass is 75.0 g/mol. The maximum atomic E-state index is 7.32. The molecular weight excluding hydrogens is 72.3 g/mol. The van der Waals surface area contributed by atoms with Gasteiger partial charge in [-0.05, 0) is 5.97 Å². The molecule has 0 aromatic carbocycles. The van der Waals surface area contributed by atoms with Crippen LogP contribution < -0.4 is 0 Å². The Kier molecular flexibility index (Phi) is 31.0. The van der Waals surface area contributed by atoms with Crippen LogP contribution in [-0.4, -0.2) is 7.85 Å². The first kappa shape index (κ1) is 9.14. The van der Waals surface area contributed by atoms with Crippen LogP contribution in [0.2, 0.25) is 0 Å². The average molecular weight is 75.3 g/mol. The van der Waals surface area contributed by atoms with Crippen LogP contribution in [-0.2, 0) is 0 Å². The summed E-state index contributed by atoms with van der Waals surface area (Å²) in [6.07, 6.45) is 0. The van der Waals surface area contributed by atoms with Gasteiger partial charge in [0.05, 0.1) is 0 Å². The standard InChI is InChI=1S/CH2BN.ClH/c2-1-3;/h2H2;1H. The molecule has 0 aliphatic rings. The van der Waals surface area contributed by atoms with E-state index in [-0.39, 0.29) is 12.4 Å². The Hall–Kier alpha value is -0.155. The molecule has 0 aromatic heterocycles. The SMILES string of the molecule is BC#N.Cl. The van der Waals surface area contributed by atoms with E-state index in [9.17, 15) is 0 Å². The summed E-state index contributed by atoms with van der Waals surface area (Å²) in [5.41, 5.74) is 0. The van der Waals surface area contributed by atoms with Gasteiger partial charge in [-0.1, -0.05) is 0 Å². The third-order valence-corrected chi connectivity index (χ3v) is 0. The van der Waals surface area contributed by atoms with E-state index in [0.29, 0.717) is 0 Å². The summed E-state index contributed by atoms with van der Waals surface area (Å²) < 4.78 is 0. The summed E-state index contributed by atoms with van der Waals surface area (Å²) in [5.74, 6) is 1.75. The van der Waals surface area contributed by atoms with Gasteiger partial charge < -0.3 is 0 Å². The van der Waals surface area contributed by atoms with E-state index in [1.165, 1.54) is 7.85 Å². The zero-order chi connectivity index (χ0) is 2.71. The molecule has 0 aliphatic carbocycles. The van der Waals surface area contributed by atoms with Crippen molar-refractivity contribution in [3.63, 3.8) is 0 Å². The third kappa shape index (κ3) is 54.8. The van der Waals surface area contributed by atoms with Gasteiger partial charge in [-0.3, -0.25) is 0 Å². The molecule has 0 heterocycles. The topological polar surface area (TPSA) is 23.8 Å². The van der Waals surface area contributed by atoms with Gasteiger partial charge >= 0.3 is 0 Å². The summed E-state index contributed by atoms with van der Waals surface area (Å²) >= 11 is 0. The van der Waals surface area contributed by atoms with Crippen LogP contribution >= 0.6 is 12.4 Å². The zero-order valence-corrected chi connectivity index (χ0v) is 3.17. The molecule has 0 rings (SSSR count). The van der Waals surface area contributed by atoms with Crippen molar-refractivity contribution in [2.24, 2.45) is 0 Å². The molecular formula is CH3BClN. The lowest BCUT2D eigenvalue weighted by atomic mass is 10.2. The van der Waals surface area contributed by atoms with Gasteiger partial charge in [-0.2, -0.15) is 0 Å². The van der Waals surface area contributed by atoms with Crippen LogP contribution in [0.1, 0.15) is 0 Å². The number of nitrogens with zero attached hydrogens (tertiary/aromatic N) is 1. The maximum Gasteiger partial charge on any atom is 0.232 e. The van der Waals surface area contributed by atoms with E-state index in [1.807, 2.05) is 0 Å². The molecule has 0 spiro atoms. The third-order valence-electron chi connectivity index (χ3n) is 0. The number of nitriles is 1. The first-order chi connectivity index (χ1) is 1.41. The molecule has 4 heavy (non-hydrogen) atoms. The van der Waals surface area contributed by atoms with Crippen molar-refractivity contribution in [3.05, 3.63) is 0 Å². The Bertz CT molecular complexity index is 29.5. The van der Waals surface area contributed by atoms with Crippen molar-refractivity contribution in [1.82, 2.24) is 0 Å². The lowest BCUT2D eigenvalue weighted by molar-refractivity contribution is 1.57. The highest BCUT2D eigenvalue weighted by molar-refractivity contribution is 6.20. The number of halogens is 1. The highest BCUT2D eigenvalue weighted by atomic mass is 35.5. The second kappa shape index (κ2) is 13.6. The van der Waals surface area contributed by atoms with Gasteiger partial charge in [0.1, 0.15) is 0 Å². The Balaban J connectivity index is 0. The number of hydrogen-bond donors (Lipinski definition) is 0. The maximum absolute atomic E-state index is 7.32. The van der Waals surface area contributed by atoms with Crippen molar-refractivity contribution in [2.45, 2.75) is 0 Å². The molecule has 0 fully saturated rings.